The van der Waals surface area contributed by atoms with Gasteiger partial charge < -0.3 is 10.2 Å². The lowest BCUT2D eigenvalue weighted by atomic mass is 9.81. The number of halogens is 1. The molecule has 1 aromatic carbocycles. The van der Waals surface area contributed by atoms with Crippen molar-refractivity contribution in [2.75, 3.05) is 29.5 Å². The summed E-state index contributed by atoms with van der Waals surface area (Å²) in [7, 11) is -2.86. The third-order valence-corrected chi connectivity index (χ3v) is 8.76. The van der Waals surface area contributed by atoms with E-state index >= 15 is 0 Å². The highest BCUT2D eigenvalue weighted by Gasteiger charge is 2.49. The van der Waals surface area contributed by atoms with E-state index in [0.717, 1.165) is 12.8 Å². The van der Waals surface area contributed by atoms with E-state index in [-0.39, 0.29) is 40.6 Å². The number of sulfone groups is 1. The quantitative estimate of drug-likeness (QED) is 0.776. The van der Waals surface area contributed by atoms with Gasteiger partial charge >= 0.3 is 0 Å². The van der Waals surface area contributed by atoms with Gasteiger partial charge in [-0.1, -0.05) is 11.3 Å². The van der Waals surface area contributed by atoms with Crippen LogP contribution >= 0.6 is 0 Å². The molecule has 1 unspecified atom stereocenters. The van der Waals surface area contributed by atoms with E-state index in [1.165, 1.54) is 6.07 Å². The molecule has 0 bridgehead atoms. The second-order valence-corrected chi connectivity index (χ2v) is 10.9. The SMILES string of the molecule is O=C1NC(Cn2ccnn2)C[C@@H]1c1ccc(N2CCC3(CC2)CS(=O)(=O)C3)c(F)c1. The molecule has 160 valence electrons. The smallest absolute Gasteiger partial charge is 0.227 e. The van der Waals surface area contributed by atoms with E-state index in [9.17, 15) is 17.6 Å². The van der Waals surface area contributed by atoms with Crippen LogP contribution in [0.1, 0.15) is 30.7 Å². The molecule has 4 heterocycles. The monoisotopic (exact) mass is 433 g/mol. The summed E-state index contributed by atoms with van der Waals surface area (Å²) in [5, 5.41) is 10.6. The van der Waals surface area contributed by atoms with Crippen molar-refractivity contribution in [3.05, 3.63) is 42.0 Å². The van der Waals surface area contributed by atoms with Crippen molar-refractivity contribution in [3.63, 3.8) is 0 Å². The van der Waals surface area contributed by atoms with Gasteiger partial charge in [-0.25, -0.2) is 12.8 Å². The molecule has 3 saturated heterocycles. The van der Waals surface area contributed by atoms with E-state index in [1.54, 1.807) is 23.1 Å². The Balaban J connectivity index is 1.25. The molecule has 1 spiro atoms. The number of carbonyl (C=O) groups is 1. The number of anilines is 1. The second-order valence-electron chi connectivity index (χ2n) is 8.85. The summed E-state index contributed by atoms with van der Waals surface area (Å²) in [6.45, 7) is 1.83. The third kappa shape index (κ3) is 3.57. The molecule has 0 radical (unpaired) electrons. The number of carbonyl (C=O) groups excluding carboxylic acids is 1. The summed E-state index contributed by atoms with van der Waals surface area (Å²) in [6, 6.07) is 4.98. The van der Waals surface area contributed by atoms with Crippen molar-refractivity contribution in [1.29, 1.82) is 0 Å². The van der Waals surface area contributed by atoms with Crippen LogP contribution in [-0.2, 0) is 21.2 Å². The van der Waals surface area contributed by atoms with Crippen LogP contribution in [0.15, 0.2) is 30.6 Å². The van der Waals surface area contributed by atoms with Crippen LogP contribution in [0.4, 0.5) is 10.1 Å². The Kier molecular flexibility index (Phi) is 4.57. The standard InChI is InChI=1S/C20H24FN5O3S/c21-17-9-14(16-10-15(23-19(16)27)11-26-8-5-22-24-26)1-2-18(17)25-6-3-20(4-7-25)12-30(28,29)13-20/h1-2,5,8-9,15-16H,3-4,6-7,10-13H2,(H,23,27)/t15?,16-/m1/s1. The number of hydrogen-bond acceptors (Lipinski definition) is 6. The maximum atomic E-state index is 14.9. The average Bonchev–Trinajstić information content (AvgIpc) is 3.31. The zero-order valence-electron chi connectivity index (χ0n) is 16.5. The lowest BCUT2D eigenvalue weighted by molar-refractivity contribution is -0.120. The number of amides is 1. The van der Waals surface area contributed by atoms with Crippen LogP contribution < -0.4 is 10.2 Å². The van der Waals surface area contributed by atoms with Gasteiger partial charge in [0.25, 0.3) is 0 Å². The number of piperidine rings is 1. The predicted octanol–water partition coefficient (Wildman–Crippen LogP) is 1.10. The third-order valence-electron chi connectivity index (χ3n) is 6.65. The summed E-state index contributed by atoms with van der Waals surface area (Å²) >= 11 is 0. The first-order valence-electron chi connectivity index (χ1n) is 10.2. The minimum atomic E-state index is -2.86. The maximum Gasteiger partial charge on any atom is 0.227 e. The number of benzene rings is 1. The summed E-state index contributed by atoms with van der Waals surface area (Å²) < 4.78 is 39.7. The van der Waals surface area contributed by atoms with Crippen molar-refractivity contribution >= 4 is 21.4 Å². The van der Waals surface area contributed by atoms with Gasteiger partial charge in [0.1, 0.15) is 5.82 Å². The second kappa shape index (κ2) is 7.04. The van der Waals surface area contributed by atoms with E-state index in [2.05, 4.69) is 15.6 Å². The van der Waals surface area contributed by atoms with Crippen LogP contribution in [0.3, 0.4) is 0 Å². The summed E-state index contributed by atoms with van der Waals surface area (Å²) in [5.74, 6) is -0.286. The minimum Gasteiger partial charge on any atom is -0.369 e. The van der Waals surface area contributed by atoms with Crippen molar-refractivity contribution in [2.45, 2.75) is 37.8 Å². The number of rotatable bonds is 4. The fraction of sp³-hybridized carbons (Fsp3) is 0.550. The van der Waals surface area contributed by atoms with Gasteiger partial charge in [-0.05, 0) is 37.0 Å². The fourth-order valence-electron chi connectivity index (χ4n) is 5.11. The lowest BCUT2D eigenvalue weighted by Gasteiger charge is -2.47. The molecular formula is C20H24FN5O3S. The molecule has 10 heteroatoms. The van der Waals surface area contributed by atoms with Crippen molar-refractivity contribution in [1.82, 2.24) is 20.3 Å². The normalized spacial score (nSPS) is 27.1. The van der Waals surface area contributed by atoms with E-state index < -0.39 is 9.84 Å². The first kappa shape index (κ1) is 19.5. The van der Waals surface area contributed by atoms with Gasteiger partial charge in [-0.3, -0.25) is 9.48 Å². The highest BCUT2D eigenvalue weighted by atomic mass is 32.2. The topological polar surface area (TPSA) is 97.2 Å². The number of aromatic nitrogens is 3. The van der Waals surface area contributed by atoms with Crippen molar-refractivity contribution < 1.29 is 17.6 Å². The molecule has 3 fully saturated rings. The molecule has 1 aromatic heterocycles. The Labute approximate surface area is 174 Å². The summed E-state index contributed by atoms with van der Waals surface area (Å²) in [6.07, 6.45) is 5.45. The molecule has 8 nitrogen and oxygen atoms in total. The largest absolute Gasteiger partial charge is 0.369 e. The maximum absolute atomic E-state index is 14.9. The van der Waals surface area contributed by atoms with Crippen molar-refractivity contribution in [2.24, 2.45) is 5.41 Å². The van der Waals surface area contributed by atoms with Gasteiger partial charge in [-0.2, -0.15) is 0 Å². The van der Waals surface area contributed by atoms with Crippen LogP contribution in [0.2, 0.25) is 0 Å². The van der Waals surface area contributed by atoms with Gasteiger partial charge in [0.05, 0.1) is 35.9 Å². The molecule has 3 aliphatic heterocycles. The molecule has 2 atom stereocenters. The fourth-order valence-corrected chi connectivity index (χ4v) is 7.47. The first-order chi connectivity index (χ1) is 14.3. The number of nitrogens with zero attached hydrogens (tertiary/aromatic N) is 4. The number of hydrogen-bond donors (Lipinski definition) is 1. The highest BCUT2D eigenvalue weighted by Crippen LogP contribution is 2.43. The molecule has 0 saturated carbocycles. The summed E-state index contributed by atoms with van der Waals surface area (Å²) in [4.78, 5) is 14.4. The minimum absolute atomic E-state index is 0.0658. The molecule has 0 aliphatic carbocycles. The van der Waals surface area contributed by atoms with Gasteiger partial charge in [-0.15, -0.1) is 5.10 Å². The molecular weight excluding hydrogens is 409 g/mol. The van der Waals surface area contributed by atoms with Crippen LogP contribution in [-0.4, -0.2) is 60.0 Å². The summed E-state index contributed by atoms with van der Waals surface area (Å²) in [5.41, 5.74) is 1.09. The molecule has 30 heavy (non-hydrogen) atoms. The predicted molar refractivity (Wildman–Crippen MR) is 108 cm³/mol. The number of nitrogens with one attached hydrogen (secondary N) is 1. The Hall–Kier alpha value is -2.49. The molecule has 1 N–H and O–H groups in total. The molecule has 1 amide bonds. The Morgan fingerprint density at radius 1 is 1.23 bits per heavy atom. The van der Waals surface area contributed by atoms with Crippen LogP contribution in [0.5, 0.6) is 0 Å². The molecule has 2 aromatic rings. The Morgan fingerprint density at radius 3 is 2.63 bits per heavy atom. The van der Waals surface area contributed by atoms with E-state index in [0.29, 0.717) is 37.3 Å². The molecule has 3 aliphatic rings. The first-order valence-corrected chi connectivity index (χ1v) is 12.0. The van der Waals surface area contributed by atoms with E-state index in [1.807, 2.05) is 11.0 Å². The lowest BCUT2D eigenvalue weighted by Crippen LogP contribution is -2.54. The van der Waals surface area contributed by atoms with Gasteiger partial charge in [0.2, 0.25) is 5.91 Å². The van der Waals surface area contributed by atoms with E-state index in [4.69, 9.17) is 0 Å². The van der Waals surface area contributed by atoms with Crippen molar-refractivity contribution in [3.8, 4) is 0 Å². The zero-order chi connectivity index (χ0) is 20.9. The highest BCUT2D eigenvalue weighted by molar-refractivity contribution is 7.92. The van der Waals surface area contributed by atoms with Gasteiger partial charge in [0.15, 0.2) is 9.84 Å². The Bertz CT molecular complexity index is 1050. The van der Waals surface area contributed by atoms with Crippen LogP contribution in [0.25, 0.3) is 0 Å². The Morgan fingerprint density at radius 2 is 2.00 bits per heavy atom. The van der Waals surface area contributed by atoms with Crippen LogP contribution in [0, 0.1) is 11.2 Å². The zero-order valence-corrected chi connectivity index (χ0v) is 17.3. The average molecular weight is 434 g/mol. The van der Waals surface area contributed by atoms with Gasteiger partial charge in [0, 0.05) is 30.7 Å². The molecule has 5 rings (SSSR count).